The fraction of sp³-hybridized carbons (Fsp3) is 0.0857. The van der Waals surface area contributed by atoms with Crippen molar-refractivity contribution < 1.29 is 14.6 Å². The van der Waals surface area contributed by atoms with Crippen LogP contribution in [0, 0.1) is 0 Å². The zero-order valence-electron chi connectivity index (χ0n) is 23.4. The Morgan fingerprint density at radius 1 is 0.907 bits per heavy atom. The lowest BCUT2D eigenvalue weighted by Gasteiger charge is -2.30. The van der Waals surface area contributed by atoms with Gasteiger partial charge in [-0.05, 0) is 47.9 Å². The van der Waals surface area contributed by atoms with Gasteiger partial charge in [-0.25, -0.2) is 4.98 Å². The van der Waals surface area contributed by atoms with E-state index < -0.39 is 11.5 Å². The third-order valence-electron chi connectivity index (χ3n) is 7.44. The van der Waals surface area contributed by atoms with Gasteiger partial charge in [0.1, 0.15) is 5.75 Å². The number of aromatic nitrogens is 1. The van der Waals surface area contributed by atoms with Crippen LogP contribution in [0.4, 0.5) is 27.5 Å². The quantitative estimate of drug-likeness (QED) is 0.0627. The van der Waals surface area contributed by atoms with Gasteiger partial charge in [-0.2, -0.15) is 0 Å². The van der Waals surface area contributed by atoms with E-state index >= 15 is 0 Å². The highest BCUT2D eigenvalue weighted by Crippen LogP contribution is 2.43. The minimum absolute atomic E-state index is 0.308. The molecule has 1 heterocycles. The zero-order chi connectivity index (χ0) is 29.9. The standard InChI is InChI=1S/C35H30N4O3S/c1-42-25-13-9-12-24(21-25)39(35(41)43)33-28(36)19-18-23(20-22-10-3-2-4-11-22)31(33)34(40)38-32-26-14-5-7-16-29(26)37-30-17-8-6-15-27(30)32/h2-19,21,34,40H,20,36H2,1H3,(H,37,38)(H,41,43). The number of thiol groups is 1. The molecule has 0 aliphatic rings. The second kappa shape index (κ2) is 12.1. The van der Waals surface area contributed by atoms with E-state index in [9.17, 15) is 9.90 Å². The number of hydrogen-bond donors (Lipinski definition) is 4. The molecule has 0 aliphatic carbocycles. The summed E-state index contributed by atoms with van der Waals surface area (Å²) >= 11 is 4.25. The first-order valence-corrected chi connectivity index (χ1v) is 14.2. The Morgan fingerprint density at radius 3 is 2.21 bits per heavy atom. The molecule has 214 valence electrons. The zero-order valence-corrected chi connectivity index (χ0v) is 24.3. The van der Waals surface area contributed by atoms with E-state index in [0.29, 0.717) is 34.8 Å². The Labute approximate surface area is 255 Å². The van der Waals surface area contributed by atoms with E-state index in [2.05, 4.69) is 17.9 Å². The van der Waals surface area contributed by atoms with Crippen molar-refractivity contribution >= 4 is 62.4 Å². The normalized spacial score (nSPS) is 11.8. The number of fused-ring (bicyclic) bond motifs is 2. The Hall–Kier alpha value is -5.05. The van der Waals surface area contributed by atoms with E-state index in [1.165, 1.54) is 4.90 Å². The molecule has 1 amide bonds. The number of nitrogens with two attached hydrogens (primary N) is 1. The van der Waals surface area contributed by atoms with Gasteiger partial charge in [0.25, 0.3) is 5.24 Å². The number of methoxy groups -OCH3 is 1. The van der Waals surface area contributed by atoms with Crippen LogP contribution in [0.3, 0.4) is 0 Å². The molecular weight excluding hydrogens is 556 g/mol. The van der Waals surface area contributed by atoms with Crippen molar-refractivity contribution in [1.29, 1.82) is 0 Å². The summed E-state index contributed by atoms with van der Waals surface area (Å²) in [5.41, 5.74) is 12.4. The van der Waals surface area contributed by atoms with Crippen molar-refractivity contribution in [3.8, 4) is 5.75 Å². The van der Waals surface area contributed by atoms with Crippen molar-refractivity contribution in [3.63, 3.8) is 0 Å². The van der Waals surface area contributed by atoms with Gasteiger partial charge in [-0.3, -0.25) is 9.69 Å². The van der Waals surface area contributed by atoms with Crippen LogP contribution in [0.25, 0.3) is 21.8 Å². The fourth-order valence-corrected chi connectivity index (χ4v) is 5.70. The second-order valence-electron chi connectivity index (χ2n) is 10.1. The summed E-state index contributed by atoms with van der Waals surface area (Å²) in [4.78, 5) is 19.4. The van der Waals surface area contributed by atoms with Gasteiger partial charge < -0.3 is 20.9 Å². The van der Waals surface area contributed by atoms with Crippen LogP contribution in [0.2, 0.25) is 0 Å². The Morgan fingerprint density at radius 2 is 1.56 bits per heavy atom. The minimum Gasteiger partial charge on any atom is -0.497 e. The predicted molar refractivity (Wildman–Crippen MR) is 177 cm³/mol. The van der Waals surface area contributed by atoms with Crippen LogP contribution < -0.4 is 20.7 Å². The predicted octanol–water partition coefficient (Wildman–Crippen LogP) is 7.86. The molecule has 4 N–H and O–H groups in total. The molecule has 0 saturated carbocycles. The molecule has 7 nitrogen and oxygen atoms in total. The van der Waals surface area contributed by atoms with Gasteiger partial charge in [-0.15, -0.1) is 0 Å². The number of carbonyl (C=O) groups excluding carboxylic acids is 1. The van der Waals surface area contributed by atoms with Gasteiger partial charge in [0.15, 0.2) is 6.23 Å². The van der Waals surface area contributed by atoms with E-state index in [4.69, 9.17) is 15.5 Å². The molecule has 1 unspecified atom stereocenters. The van der Waals surface area contributed by atoms with Crippen molar-refractivity contribution in [2.45, 2.75) is 12.6 Å². The number of hydrogen-bond acceptors (Lipinski definition) is 6. The largest absolute Gasteiger partial charge is 0.497 e. The summed E-state index contributed by atoms with van der Waals surface area (Å²) < 4.78 is 5.43. The van der Waals surface area contributed by atoms with Crippen molar-refractivity contribution in [1.82, 2.24) is 4.98 Å². The van der Waals surface area contributed by atoms with Gasteiger partial charge in [-0.1, -0.05) is 91.5 Å². The summed E-state index contributed by atoms with van der Waals surface area (Å²) in [5.74, 6) is 0.561. The number of nitrogen functional groups attached to an aromatic ring is 1. The molecule has 43 heavy (non-hydrogen) atoms. The number of ether oxygens (including phenoxy) is 1. The molecule has 0 aliphatic heterocycles. The summed E-state index contributed by atoms with van der Waals surface area (Å²) in [6.07, 6.45) is -0.778. The number of aliphatic hydroxyl groups is 1. The Bertz CT molecular complexity index is 1890. The first kappa shape index (κ1) is 28.1. The lowest BCUT2D eigenvalue weighted by molar-refractivity contribution is 0.208. The van der Waals surface area contributed by atoms with Crippen LogP contribution >= 0.6 is 12.6 Å². The fourth-order valence-electron chi connectivity index (χ4n) is 5.48. The van der Waals surface area contributed by atoms with E-state index in [0.717, 1.165) is 38.6 Å². The maximum absolute atomic E-state index is 13.2. The number of anilines is 4. The van der Waals surface area contributed by atoms with Crippen LogP contribution in [0.5, 0.6) is 5.75 Å². The number of carbonyl (C=O) groups is 1. The number of rotatable bonds is 8. The van der Waals surface area contributed by atoms with Gasteiger partial charge in [0.05, 0.1) is 40.9 Å². The number of pyridine rings is 1. The molecule has 0 radical (unpaired) electrons. The first-order valence-electron chi connectivity index (χ1n) is 13.8. The molecule has 1 aromatic heterocycles. The lowest BCUT2D eigenvalue weighted by atomic mass is 9.95. The molecule has 0 spiro atoms. The number of aliphatic hydroxyl groups excluding tert-OH is 1. The van der Waals surface area contributed by atoms with Crippen LogP contribution in [0.1, 0.15) is 22.9 Å². The highest BCUT2D eigenvalue weighted by molar-refractivity contribution is 7.97. The maximum Gasteiger partial charge on any atom is 0.287 e. The van der Waals surface area contributed by atoms with Crippen LogP contribution in [-0.4, -0.2) is 22.4 Å². The smallest absolute Gasteiger partial charge is 0.287 e. The highest BCUT2D eigenvalue weighted by Gasteiger charge is 2.28. The third-order valence-corrected chi connectivity index (χ3v) is 7.64. The monoisotopic (exact) mass is 586 g/mol. The molecule has 5 aromatic carbocycles. The van der Waals surface area contributed by atoms with Crippen molar-refractivity contribution in [2.75, 3.05) is 23.1 Å². The van der Waals surface area contributed by atoms with Gasteiger partial charge in [0.2, 0.25) is 0 Å². The summed E-state index contributed by atoms with van der Waals surface area (Å²) in [5, 5.41) is 16.7. The summed E-state index contributed by atoms with van der Waals surface area (Å²) in [7, 11) is 1.56. The molecule has 0 fully saturated rings. The lowest BCUT2D eigenvalue weighted by Crippen LogP contribution is -2.26. The number of nitrogens with one attached hydrogen (secondary N) is 1. The summed E-state index contributed by atoms with van der Waals surface area (Å²) in [6, 6.07) is 36.2. The minimum atomic E-state index is -1.27. The third kappa shape index (κ3) is 5.58. The van der Waals surface area contributed by atoms with Crippen molar-refractivity contribution in [3.05, 3.63) is 132 Å². The number of nitrogens with zero attached hydrogens (tertiary/aromatic N) is 2. The number of para-hydroxylation sites is 2. The first-order chi connectivity index (χ1) is 20.9. The van der Waals surface area contributed by atoms with Gasteiger partial charge >= 0.3 is 0 Å². The van der Waals surface area contributed by atoms with E-state index in [-0.39, 0.29) is 0 Å². The molecule has 0 bridgehead atoms. The summed E-state index contributed by atoms with van der Waals surface area (Å²) in [6.45, 7) is 0. The highest BCUT2D eigenvalue weighted by atomic mass is 32.1. The Kier molecular flexibility index (Phi) is 7.87. The van der Waals surface area contributed by atoms with Crippen LogP contribution in [-0.2, 0) is 6.42 Å². The van der Waals surface area contributed by atoms with E-state index in [1.54, 1.807) is 37.4 Å². The topological polar surface area (TPSA) is 101 Å². The van der Waals surface area contributed by atoms with Gasteiger partial charge in [0, 0.05) is 22.4 Å². The molecule has 6 rings (SSSR count). The van der Waals surface area contributed by atoms with E-state index in [1.807, 2.05) is 84.9 Å². The molecule has 8 heteroatoms. The number of benzene rings is 5. The SMILES string of the molecule is COc1cccc(N(C(=O)S)c2c(N)ccc(Cc3ccccc3)c2C(O)Nc2c3ccccc3nc3ccccc23)c1. The van der Waals surface area contributed by atoms with Crippen LogP contribution in [0.15, 0.2) is 115 Å². The molecular formula is C35H30N4O3S. The Balaban J connectivity index is 1.57. The molecule has 0 saturated heterocycles. The van der Waals surface area contributed by atoms with Crippen molar-refractivity contribution in [2.24, 2.45) is 0 Å². The second-order valence-corrected chi connectivity index (χ2v) is 10.5. The number of amides is 1. The average molecular weight is 587 g/mol. The maximum atomic E-state index is 13.2. The molecule has 1 atom stereocenters. The average Bonchev–Trinajstić information content (AvgIpc) is 3.03. The molecule has 6 aromatic rings.